The smallest absolute Gasteiger partial charge is 0.306 e. The van der Waals surface area contributed by atoms with E-state index in [4.69, 9.17) is 14.2 Å². The Kier molecular flexibility index (Phi) is 5.23. The number of nitrogens with one attached hydrogen (secondary N) is 1. The van der Waals surface area contributed by atoms with E-state index in [0.29, 0.717) is 53.8 Å². The summed E-state index contributed by atoms with van der Waals surface area (Å²) in [4.78, 5) is 20.6. The van der Waals surface area contributed by atoms with Crippen LogP contribution in [-0.2, 0) is 18.4 Å². The van der Waals surface area contributed by atoms with Crippen molar-refractivity contribution in [3.63, 3.8) is 0 Å². The fourth-order valence-corrected chi connectivity index (χ4v) is 5.26. The van der Waals surface area contributed by atoms with Crippen molar-refractivity contribution in [3.8, 4) is 17.1 Å². The predicted octanol–water partition coefficient (Wildman–Crippen LogP) is 3.47. The SMILES string of the molecule is Cc1nc(-c2nnn(C)c2CNc2noc(C3CC34CC4)n2)ccc1O[C@H]1CCC[C@H](C(=O)O)C1. The van der Waals surface area contributed by atoms with E-state index in [0.717, 1.165) is 36.5 Å². The molecule has 0 saturated heterocycles. The van der Waals surface area contributed by atoms with E-state index >= 15 is 0 Å². The minimum Gasteiger partial charge on any atom is -0.489 e. The third kappa shape index (κ3) is 4.23. The number of rotatable bonds is 8. The molecule has 3 aromatic rings. The molecular formula is C24H29N7O4. The fraction of sp³-hybridized carbons (Fsp3) is 0.583. The van der Waals surface area contributed by atoms with Gasteiger partial charge in [-0.05, 0) is 74.6 Å². The van der Waals surface area contributed by atoms with E-state index in [1.165, 1.54) is 12.8 Å². The molecule has 3 aliphatic carbocycles. The number of carboxylic acid groups (broad SMARTS) is 1. The Morgan fingerprint density at radius 3 is 2.91 bits per heavy atom. The number of anilines is 1. The Balaban J connectivity index is 1.13. The average Bonchev–Trinajstić information content (AvgIpc) is 3.67. The number of pyridine rings is 1. The van der Waals surface area contributed by atoms with Gasteiger partial charge in [-0.3, -0.25) is 4.79 Å². The average molecular weight is 480 g/mol. The zero-order valence-corrected chi connectivity index (χ0v) is 19.9. The number of aromatic nitrogens is 6. The molecule has 35 heavy (non-hydrogen) atoms. The van der Waals surface area contributed by atoms with Crippen molar-refractivity contribution in [2.75, 3.05) is 5.32 Å². The number of hydrogen-bond acceptors (Lipinski definition) is 9. The molecule has 1 spiro atoms. The lowest BCUT2D eigenvalue weighted by atomic mass is 9.87. The lowest BCUT2D eigenvalue weighted by Crippen LogP contribution is -2.29. The molecule has 0 bridgehead atoms. The molecule has 0 amide bonds. The van der Waals surface area contributed by atoms with Crippen molar-refractivity contribution in [1.82, 2.24) is 30.1 Å². The van der Waals surface area contributed by atoms with Gasteiger partial charge in [0.05, 0.1) is 35.6 Å². The van der Waals surface area contributed by atoms with Gasteiger partial charge in [0, 0.05) is 13.0 Å². The summed E-state index contributed by atoms with van der Waals surface area (Å²) in [6, 6.07) is 3.74. The van der Waals surface area contributed by atoms with Crippen LogP contribution in [0, 0.1) is 18.3 Å². The van der Waals surface area contributed by atoms with Crippen LogP contribution >= 0.6 is 0 Å². The summed E-state index contributed by atoms with van der Waals surface area (Å²) in [7, 11) is 1.84. The van der Waals surface area contributed by atoms with Crippen molar-refractivity contribution in [2.45, 2.75) is 70.4 Å². The Morgan fingerprint density at radius 1 is 1.31 bits per heavy atom. The monoisotopic (exact) mass is 479 g/mol. The summed E-state index contributed by atoms with van der Waals surface area (Å²) < 4.78 is 13.3. The van der Waals surface area contributed by atoms with Gasteiger partial charge in [-0.1, -0.05) is 5.21 Å². The van der Waals surface area contributed by atoms with Crippen molar-refractivity contribution >= 4 is 11.9 Å². The van der Waals surface area contributed by atoms with Crippen LogP contribution in [-0.4, -0.2) is 47.3 Å². The molecule has 6 rings (SSSR count). The molecule has 11 heteroatoms. The van der Waals surface area contributed by atoms with Gasteiger partial charge in [0.25, 0.3) is 5.95 Å². The summed E-state index contributed by atoms with van der Waals surface area (Å²) in [5, 5.41) is 25.1. The second kappa shape index (κ2) is 8.31. The maximum atomic E-state index is 11.4. The van der Waals surface area contributed by atoms with E-state index in [9.17, 15) is 9.90 Å². The largest absolute Gasteiger partial charge is 0.489 e. The van der Waals surface area contributed by atoms with Gasteiger partial charge in [0.15, 0.2) is 0 Å². The lowest BCUT2D eigenvalue weighted by Gasteiger charge is -2.27. The van der Waals surface area contributed by atoms with Crippen molar-refractivity contribution in [3.05, 3.63) is 29.4 Å². The quantitative estimate of drug-likeness (QED) is 0.493. The van der Waals surface area contributed by atoms with Gasteiger partial charge in [-0.25, -0.2) is 9.67 Å². The Bertz CT molecular complexity index is 1260. The minimum atomic E-state index is -0.747. The number of aryl methyl sites for hydroxylation is 2. The number of carbonyl (C=O) groups is 1. The van der Waals surface area contributed by atoms with Crippen LogP contribution in [0.4, 0.5) is 5.95 Å². The van der Waals surface area contributed by atoms with Crippen LogP contribution in [0.15, 0.2) is 16.7 Å². The van der Waals surface area contributed by atoms with Crippen LogP contribution in [0.1, 0.15) is 68.1 Å². The molecule has 3 aromatic heterocycles. The van der Waals surface area contributed by atoms with E-state index in [2.05, 4.69) is 25.8 Å². The van der Waals surface area contributed by atoms with Crippen LogP contribution < -0.4 is 10.1 Å². The second-order valence-electron chi connectivity index (χ2n) is 10.2. The molecule has 0 aliphatic heterocycles. The third-order valence-electron chi connectivity index (χ3n) is 7.73. The zero-order valence-electron chi connectivity index (χ0n) is 19.9. The Labute approximate surface area is 202 Å². The van der Waals surface area contributed by atoms with Crippen LogP contribution in [0.5, 0.6) is 5.75 Å². The number of aliphatic carboxylic acids is 1. The number of ether oxygens (including phenoxy) is 1. The highest BCUT2D eigenvalue weighted by Gasteiger charge is 2.65. The van der Waals surface area contributed by atoms with E-state index < -0.39 is 5.97 Å². The van der Waals surface area contributed by atoms with E-state index in [-0.39, 0.29) is 12.0 Å². The molecule has 3 heterocycles. The molecule has 3 atom stereocenters. The zero-order chi connectivity index (χ0) is 24.2. The number of hydrogen-bond donors (Lipinski definition) is 2. The number of nitrogens with zero attached hydrogens (tertiary/aromatic N) is 6. The maximum Gasteiger partial charge on any atom is 0.306 e. The Hall–Kier alpha value is -3.50. The molecule has 2 N–H and O–H groups in total. The van der Waals surface area contributed by atoms with Gasteiger partial charge in [-0.15, -0.1) is 5.10 Å². The molecular weight excluding hydrogens is 450 g/mol. The van der Waals surface area contributed by atoms with E-state index in [1.54, 1.807) is 4.68 Å². The molecule has 1 unspecified atom stereocenters. The van der Waals surface area contributed by atoms with Gasteiger partial charge < -0.3 is 19.7 Å². The summed E-state index contributed by atoms with van der Waals surface area (Å²) in [6.07, 6.45) is 6.53. The summed E-state index contributed by atoms with van der Waals surface area (Å²) in [5.74, 6) is 1.20. The minimum absolute atomic E-state index is 0.113. The first-order valence-corrected chi connectivity index (χ1v) is 12.3. The standard InChI is InChI=1S/C24H29N7O4/c1-13-19(34-15-5-3-4-14(10-15)22(32)33)7-6-17(26-13)20-18(31(2)30-28-20)12-25-23-27-21(35-29-23)16-11-24(16)8-9-24/h6-7,14-16H,3-5,8-12H2,1-2H3,(H,25,29)(H,32,33)/t14-,15-,16?/m0/s1. The first-order valence-electron chi connectivity index (χ1n) is 12.3. The second-order valence-corrected chi connectivity index (χ2v) is 10.2. The number of carboxylic acids is 1. The molecule has 0 aromatic carbocycles. The summed E-state index contributed by atoms with van der Waals surface area (Å²) in [6.45, 7) is 2.31. The maximum absolute atomic E-state index is 11.4. The fourth-order valence-electron chi connectivity index (χ4n) is 5.26. The van der Waals surface area contributed by atoms with Crippen molar-refractivity contribution < 1.29 is 19.2 Å². The topological polar surface area (TPSA) is 141 Å². The Morgan fingerprint density at radius 2 is 2.17 bits per heavy atom. The van der Waals surface area contributed by atoms with E-state index in [1.807, 2.05) is 26.1 Å². The third-order valence-corrected chi connectivity index (χ3v) is 7.73. The molecule has 3 saturated carbocycles. The van der Waals surface area contributed by atoms with Gasteiger partial charge in [0.1, 0.15) is 11.4 Å². The molecule has 3 fully saturated rings. The van der Waals surface area contributed by atoms with Crippen molar-refractivity contribution in [1.29, 1.82) is 0 Å². The highest BCUT2D eigenvalue weighted by atomic mass is 16.5. The predicted molar refractivity (Wildman–Crippen MR) is 124 cm³/mol. The van der Waals surface area contributed by atoms with Gasteiger partial charge in [0.2, 0.25) is 5.89 Å². The van der Waals surface area contributed by atoms with Gasteiger partial charge in [-0.2, -0.15) is 4.98 Å². The first-order chi connectivity index (χ1) is 16.9. The van der Waals surface area contributed by atoms with Crippen LogP contribution in [0.2, 0.25) is 0 Å². The molecule has 0 radical (unpaired) electrons. The van der Waals surface area contributed by atoms with Crippen molar-refractivity contribution in [2.24, 2.45) is 18.4 Å². The summed E-state index contributed by atoms with van der Waals surface area (Å²) in [5.41, 5.74) is 3.40. The highest BCUT2D eigenvalue weighted by molar-refractivity contribution is 5.70. The van der Waals surface area contributed by atoms with Crippen LogP contribution in [0.3, 0.4) is 0 Å². The van der Waals surface area contributed by atoms with Crippen LogP contribution in [0.25, 0.3) is 11.4 Å². The first kappa shape index (κ1) is 22.0. The molecule has 11 nitrogen and oxygen atoms in total. The normalized spacial score (nSPS) is 24.3. The van der Waals surface area contributed by atoms with Gasteiger partial charge >= 0.3 is 5.97 Å². The highest BCUT2D eigenvalue weighted by Crippen LogP contribution is 2.74. The summed E-state index contributed by atoms with van der Waals surface area (Å²) >= 11 is 0. The molecule has 184 valence electrons. The lowest BCUT2D eigenvalue weighted by molar-refractivity contribution is -0.143. The molecule has 3 aliphatic rings.